The molecule has 110 valence electrons. The molecule has 0 bridgehead atoms. The maximum Gasteiger partial charge on any atom is 0.146 e. The van der Waals surface area contributed by atoms with Gasteiger partial charge in [-0.1, -0.05) is 0 Å². The molecule has 0 aromatic carbocycles. The van der Waals surface area contributed by atoms with Crippen LogP contribution in [0.1, 0.15) is 30.1 Å². The third-order valence-corrected chi connectivity index (χ3v) is 3.94. The number of aromatic nitrogens is 3. The number of pyridine rings is 1. The van der Waals surface area contributed by atoms with Crippen LogP contribution in [0.15, 0.2) is 36.9 Å². The Balaban J connectivity index is 1.79. The monoisotopic (exact) mass is 283 g/mol. The highest BCUT2D eigenvalue weighted by Gasteiger charge is 2.27. The van der Waals surface area contributed by atoms with Gasteiger partial charge in [-0.15, -0.1) is 0 Å². The molecule has 5 heteroatoms. The van der Waals surface area contributed by atoms with Crippen molar-refractivity contribution < 1.29 is 0 Å². The van der Waals surface area contributed by atoms with Gasteiger partial charge in [0.15, 0.2) is 0 Å². The molecule has 1 fully saturated rings. The van der Waals surface area contributed by atoms with Gasteiger partial charge in [-0.05, 0) is 37.1 Å². The summed E-state index contributed by atoms with van der Waals surface area (Å²) in [4.78, 5) is 17.7. The lowest BCUT2D eigenvalue weighted by molar-refractivity contribution is 0.244. The van der Waals surface area contributed by atoms with Crippen LogP contribution in [0.5, 0.6) is 0 Å². The second kappa shape index (κ2) is 6.18. The highest BCUT2D eigenvalue weighted by molar-refractivity contribution is 5.34. The second-order valence-electron chi connectivity index (χ2n) is 5.68. The smallest absolute Gasteiger partial charge is 0.146 e. The maximum absolute atomic E-state index is 4.76. The summed E-state index contributed by atoms with van der Waals surface area (Å²) < 4.78 is 0. The van der Waals surface area contributed by atoms with E-state index in [4.69, 9.17) is 4.98 Å². The molecular formula is C16H21N5. The lowest BCUT2D eigenvalue weighted by atomic mass is 10.1. The first kappa shape index (κ1) is 13.9. The summed E-state index contributed by atoms with van der Waals surface area (Å²) >= 11 is 0. The highest BCUT2D eigenvalue weighted by atomic mass is 15.2. The van der Waals surface area contributed by atoms with Crippen LogP contribution < -0.4 is 4.90 Å². The second-order valence-corrected chi connectivity index (χ2v) is 5.68. The molecule has 0 saturated carbocycles. The van der Waals surface area contributed by atoms with Crippen molar-refractivity contribution >= 4 is 5.82 Å². The molecule has 5 nitrogen and oxygen atoms in total. The lowest BCUT2D eigenvalue weighted by Gasteiger charge is -2.24. The van der Waals surface area contributed by atoms with Gasteiger partial charge in [-0.2, -0.15) is 0 Å². The summed E-state index contributed by atoms with van der Waals surface area (Å²) in [6.45, 7) is 2.06. The van der Waals surface area contributed by atoms with Crippen LogP contribution in [0.25, 0.3) is 0 Å². The van der Waals surface area contributed by atoms with E-state index in [1.165, 1.54) is 12.0 Å². The van der Waals surface area contributed by atoms with E-state index in [9.17, 15) is 0 Å². The molecule has 0 spiro atoms. The van der Waals surface area contributed by atoms with Crippen LogP contribution in [0.4, 0.5) is 5.82 Å². The Morgan fingerprint density at radius 1 is 1.19 bits per heavy atom. The first-order chi connectivity index (χ1) is 10.2. The van der Waals surface area contributed by atoms with Gasteiger partial charge < -0.3 is 4.90 Å². The van der Waals surface area contributed by atoms with Crippen LogP contribution in [0.2, 0.25) is 0 Å². The van der Waals surface area contributed by atoms with E-state index < -0.39 is 0 Å². The molecule has 0 radical (unpaired) electrons. The van der Waals surface area contributed by atoms with Crippen molar-refractivity contribution in [1.29, 1.82) is 0 Å². The van der Waals surface area contributed by atoms with Gasteiger partial charge in [0.05, 0.1) is 24.1 Å². The molecular weight excluding hydrogens is 262 g/mol. The third kappa shape index (κ3) is 3.19. The van der Waals surface area contributed by atoms with E-state index in [1.54, 1.807) is 0 Å². The van der Waals surface area contributed by atoms with Crippen molar-refractivity contribution in [3.05, 3.63) is 48.2 Å². The molecule has 1 saturated heterocycles. The van der Waals surface area contributed by atoms with Gasteiger partial charge in [0.2, 0.25) is 0 Å². The zero-order chi connectivity index (χ0) is 14.7. The first-order valence-corrected chi connectivity index (χ1v) is 7.36. The highest BCUT2D eigenvalue weighted by Crippen LogP contribution is 2.32. The number of rotatable bonds is 4. The molecule has 3 heterocycles. The molecule has 1 atom stereocenters. The average molecular weight is 283 g/mol. The quantitative estimate of drug-likeness (QED) is 0.861. The number of likely N-dealkylation sites (tertiary alicyclic amines) is 1. The van der Waals surface area contributed by atoms with E-state index in [2.05, 4.69) is 27.0 Å². The molecule has 1 aliphatic heterocycles. The van der Waals surface area contributed by atoms with Crippen molar-refractivity contribution in [1.82, 2.24) is 19.9 Å². The largest absolute Gasteiger partial charge is 0.361 e. The Bertz CT molecular complexity index is 584. The minimum absolute atomic E-state index is 0.366. The Kier molecular flexibility index (Phi) is 4.10. The fourth-order valence-electron chi connectivity index (χ4n) is 2.82. The normalized spacial score (nSPS) is 18.9. The Labute approximate surface area is 125 Å². The fraction of sp³-hybridized carbons (Fsp3) is 0.438. The standard InChI is InChI=1S/C16H21N5/c1-20(2)16-11-18-10-14(19-16)15-4-3-9-21(15)12-13-5-7-17-8-6-13/h5-8,10-11,15H,3-4,9,12H2,1-2H3/t15-/m0/s1. The van der Waals surface area contributed by atoms with Gasteiger partial charge in [-0.3, -0.25) is 14.9 Å². The molecule has 1 aliphatic rings. The predicted molar refractivity (Wildman–Crippen MR) is 83.0 cm³/mol. The van der Waals surface area contributed by atoms with Gasteiger partial charge in [0, 0.05) is 33.0 Å². The topological polar surface area (TPSA) is 45.2 Å². The molecule has 0 amide bonds. The fourth-order valence-corrected chi connectivity index (χ4v) is 2.82. The number of anilines is 1. The summed E-state index contributed by atoms with van der Waals surface area (Å²) in [5, 5.41) is 0. The zero-order valence-electron chi connectivity index (χ0n) is 12.6. The third-order valence-electron chi connectivity index (χ3n) is 3.94. The van der Waals surface area contributed by atoms with Crippen LogP contribution in [0, 0.1) is 0 Å². The van der Waals surface area contributed by atoms with Crippen molar-refractivity contribution in [2.45, 2.75) is 25.4 Å². The van der Waals surface area contributed by atoms with E-state index in [-0.39, 0.29) is 0 Å². The summed E-state index contributed by atoms with van der Waals surface area (Å²) in [5.41, 5.74) is 2.38. The lowest BCUT2D eigenvalue weighted by Crippen LogP contribution is -2.24. The Morgan fingerprint density at radius 3 is 2.76 bits per heavy atom. The summed E-state index contributed by atoms with van der Waals surface area (Å²) in [7, 11) is 3.99. The molecule has 0 N–H and O–H groups in total. The number of hydrogen-bond acceptors (Lipinski definition) is 5. The minimum atomic E-state index is 0.366. The maximum atomic E-state index is 4.76. The minimum Gasteiger partial charge on any atom is -0.361 e. The van der Waals surface area contributed by atoms with Crippen LogP contribution in [-0.4, -0.2) is 40.5 Å². The molecule has 2 aromatic rings. The van der Waals surface area contributed by atoms with Gasteiger partial charge in [0.25, 0.3) is 0 Å². The van der Waals surface area contributed by atoms with Crippen molar-refractivity contribution in [2.75, 3.05) is 25.5 Å². The van der Waals surface area contributed by atoms with Crippen molar-refractivity contribution in [2.24, 2.45) is 0 Å². The average Bonchev–Trinajstić information content (AvgIpc) is 2.96. The van der Waals surface area contributed by atoms with E-state index in [0.29, 0.717) is 6.04 Å². The summed E-state index contributed by atoms with van der Waals surface area (Å²) in [6.07, 6.45) is 9.79. The summed E-state index contributed by atoms with van der Waals surface area (Å²) in [5.74, 6) is 0.920. The Hall–Kier alpha value is -2.01. The van der Waals surface area contributed by atoms with Crippen LogP contribution in [-0.2, 0) is 6.54 Å². The Morgan fingerprint density at radius 2 is 2.00 bits per heavy atom. The molecule has 0 aliphatic carbocycles. The van der Waals surface area contributed by atoms with Gasteiger partial charge >= 0.3 is 0 Å². The molecule has 2 aromatic heterocycles. The zero-order valence-corrected chi connectivity index (χ0v) is 12.6. The van der Waals surface area contributed by atoms with Crippen LogP contribution >= 0.6 is 0 Å². The summed E-state index contributed by atoms with van der Waals surface area (Å²) in [6, 6.07) is 4.53. The van der Waals surface area contributed by atoms with E-state index in [0.717, 1.165) is 31.0 Å². The SMILES string of the molecule is CN(C)c1cncc([C@@H]2CCCN2Cc2ccncc2)n1. The van der Waals surface area contributed by atoms with Crippen molar-refractivity contribution in [3.63, 3.8) is 0 Å². The van der Waals surface area contributed by atoms with Crippen LogP contribution in [0.3, 0.4) is 0 Å². The molecule has 0 unspecified atom stereocenters. The van der Waals surface area contributed by atoms with Crippen molar-refractivity contribution in [3.8, 4) is 0 Å². The number of nitrogens with zero attached hydrogens (tertiary/aromatic N) is 5. The number of hydrogen-bond donors (Lipinski definition) is 0. The van der Waals surface area contributed by atoms with E-state index >= 15 is 0 Å². The van der Waals surface area contributed by atoms with E-state index in [1.807, 2.05) is 43.8 Å². The van der Waals surface area contributed by atoms with Gasteiger partial charge in [0.1, 0.15) is 5.82 Å². The first-order valence-electron chi connectivity index (χ1n) is 7.36. The molecule has 3 rings (SSSR count). The predicted octanol–water partition coefficient (Wildman–Crippen LogP) is 2.27. The van der Waals surface area contributed by atoms with Gasteiger partial charge in [-0.25, -0.2) is 4.98 Å². The molecule has 21 heavy (non-hydrogen) atoms.